The quantitative estimate of drug-likeness (QED) is 0.346. The molecule has 0 saturated carbocycles. The normalized spacial score (nSPS) is 11.6. The van der Waals surface area contributed by atoms with Crippen LogP contribution in [0.4, 0.5) is 11.4 Å². The second kappa shape index (κ2) is 7.74. The van der Waals surface area contributed by atoms with Crippen LogP contribution in [-0.2, 0) is 9.53 Å². The van der Waals surface area contributed by atoms with Gasteiger partial charge >= 0.3 is 5.97 Å². The molecule has 28 heavy (non-hydrogen) atoms. The van der Waals surface area contributed by atoms with Gasteiger partial charge in [-0.3, -0.25) is 19.7 Å². The number of carbonyl (C=O) groups excluding carboxylic acids is 3. The van der Waals surface area contributed by atoms with Crippen molar-refractivity contribution < 1.29 is 33.5 Å². The lowest BCUT2D eigenvalue weighted by Crippen LogP contribution is -2.22. The minimum Gasteiger partial charge on any atom is -0.454 e. The standard InChI is InChI=1S/C18H14N2O8/c1-10(21)13-6-15-16(28-9-27-15)7-14(13)19-17(22)8-26-18(23)11-2-4-12(5-3-11)20(24)25/h2-7H,8-9H2,1H3,(H,19,22). The first-order valence-electron chi connectivity index (χ1n) is 8.01. The largest absolute Gasteiger partial charge is 0.454 e. The van der Waals surface area contributed by atoms with Crippen LogP contribution in [-0.4, -0.2) is 36.0 Å². The highest BCUT2D eigenvalue weighted by molar-refractivity contribution is 6.05. The smallest absolute Gasteiger partial charge is 0.338 e. The number of rotatable bonds is 6. The summed E-state index contributed by atoms with van der Waals surface area (Å²) in [5.41, 5.74) is 0.312. The molecule has 10 heteroatoms. The van der Waals surface area contributed by atoms with Crippen molar-refractivity contribution >= 4 is 29.0 Å². The van der Waals surface area contributed by atoms with Crippen LogP contribution in [0.2, 0.25) is 0 Å². The van der Waals surface area contributed by atoms with Crippen molar-refractivity contribution in [2.75, 3.05) is 18.7 Å². The van der Waals surface area contributed by atoms with Gasteiger partial charge in [0.1, 0.15) is 0 Å². The lowest BCUT2D eigenvalue weighted by atomic mass is 10.1. The summed E-state index contributed by atoms with van der Waals surface area (Å²) in [7, 11) is 0. The van der Waals surface area contributed by atoms with Gasteiger partial charge in [-0.05, 0) is 25.1 Å². The molecule has 0 fully saturated rings. The third-order valence-electron chi connectivity index (χ3n) is 3.81. The van der Waals surface area contributed by atoms with E-state index in [1.807, 2.05) is 0 Å². The average molecular weight is 386 g/mol. The Morgan fingerprint density at radius 1 is 1.14 bits per heavy atom. The number of hydrogen-bond donors (Lipinski definition) is 1. The van der Waals surface area contributed by atoms with E-state index in [4.69, 9.17) is 14.2 Å². The van der Waals surface area contributed by atoms with Gasteiger partial charge < -0.3 is 19.5 Å². The highest BCUT2D eigenvalue weighted by Gasteiger charge is 2.21. The maximum absolute atomic E-state index is 12.1. The van der Waals surface area contributed by atoms with E-state index >= 15 is 0 Å². The van der Waals surface area contributed by atoms with Gasteiger partial charge in [0.25, 0.3) is 11.6 Å². The highest BCUT2D eigenvalue weighted by Crippen LogP contribution is 2.37. The Morgan fingerprint density at radius 3 is 2.39 bits per heavy atom. The summed E-state index contributed by atoms with van der Waals surface area (Å²) in [6.07, 6.45) is 0. The average Bonchev–Trinajstić information content (AvgIpc) is 3.12. The van der Waals surface area contributed by atoms with Gasteiger partial charge in [0.05, 0.1) is 16.2 Å². The molecule has 1 amide bonds. The van der Waals surface area contributed by atoms with Crippen LogP contribution in [0.25, 0.3) is 0 Å². The van der Waals surface area contributed by atoms with Gasteiger partial charge in [0.2, 0.25) is 6.79 Å². The molecule has 0 saturated heterocycles. The van der Waals surface area contributed by atoms with Gasteiger partial charge in [-0.15, -0.1) is 0 Å². The Bertz CT molecular complexity index is 968. The lowest BCUT2D eigenvalue weighted by molar-refractivity contribution is -0.384. The molecule has 0 bridgehead atoms. The molecule has 3 rings (SSSR count). The second-order valence-corrected chi connectivity index (χ2v) is 5.74. The number of anilines is 1. The van der Waals surface area contributed by atoms with Crippen molar-refractivity contribution in [3.05, 3.63) is 57.6 Å². The van der Waals surface area contributed by atoms with Gasteiger partial charge in [0.15, 0.2) is 23.9 Å². The molecular formula is C18H14N2O8. The Morgan fingerprint density at radius 2 is 1.79 bits per heavy atom. The fourth-order valence-corrected chi connectivity index (χ4v) is 2.46. The number of esters is 1. The molecule has 2 aromatic carbocycles. The number of Topliss-reactive ketones (excluding diaryl/α,β-unsaturated/α-hetero) is 1. The van der Waals surface area contributed by atoms with E-state index in [1.54, 1.807) is 0 Å². The Labute approximate surface area is 158 Å². The molecule has 0 unspecified atom stereocenters. The number of ketones is 1. The van der Waals surface area contributed by atoms with Gasteiger partial charge in [-0.25, -0.2) is 4.79 Å². The number of fused-ring (bicyclic) bond motifs is 1. The van der Waals surface area contributed by atoms with Crippen molar-refractivity contribution in [3.63, 3.8) is 0 Å². The number of benzene rings is 2. The first-order chi connectivity index (χ1) is 13.3. The minimum absolute atomic E-state index is 0.0108. The number of non-ortho nitro benzene ring substituents is 1. The number of ether oxygens (including phenoxy) is 3. The zero-order valence-corrected chi connectivity index (χ0v) is 14.6. The van der Waals surface area contributed by atoms with Gasteiger partial charge in [-0.1, -0.05) is 0 Å². The van der Waals surface area contributed by atoms with Gasteiger partial charge in [0, 0.05) is 23.8 Å². The fourth-order valence-electron chi connectivity index (χ4n) is 2.46. The third kappa shape index (κ3) is 4.06. The SMILES string of the molecule is CC(=O)c1cc2c(cc1NC(=O)COC(=O)c1ccc([N+](=O)[O-])cc1)OCO2. The van der Waals surface area contributed by atoms with E-state index in [0.717, 1.165) is 12.1 Å². The Kier molecular flexibility index (Phi) is 5.21. The predicted molar refractivity (Wildman–Crippen MR) is 94.6 cm³/mol. The van der Waals surface area contributed by atoms with Crippen LogP contribution >= 0.6 is 0 Å². The van der Waals surface area contributed by atoms with E-state index in [1.165, 1.54) is 31.2 Å². The minimum atomic E-state index is -0.817. The summed E-state index contributed by atoms with van der Waals surface area (Å²) in [6.45, 7) is 0.736. The highest BCUT2D eigenvalue weighted by atomic mass is 16.7. The van der Waals surface area contributed by atoms with Crippen molar-refractivity contribution in [2.24, 2.45) is 0 Å². The summed E-state index contributed by atoms with van der Waals surface area (Å²) in [5.74, 6) is -1.01. The van der Waals surface area contributed by atoms with E-state index in [0.29, 0.717) is 11.5 Å². The van der Waals surface area contributed by atoms with Crippen molar-refractivity contribution in [3.8, 4) is 11.5 Å². The van der Waals surface area contributed by atoms with E-state index in [2.05, 4.69) is 5.32 Å². The van der Waals surface area contributed by atoms with Crippen LogP contribution in [0.1, 0.15) is 27.6 Å². The number of nitro groups is 1. The van der Waals surface area contributed by atoms with Crippen LogP contribution < -0.4 is 14.8 Å². The topological polar surface area (TPSA) is 134 Å². The second-order valence-electron chi connectivity index (χ2n) is 5.74. The summed E-state index contributed by atoms with van der Waals surface area (Å²) >= 11 is 0. The lowest BCUT2D eigenvalue weighted by Gasteiger charge is -2.11. The molecule has 0 aliphatic carbocycles. The summed E-state index contributed by atoms with van der Waals surface area (Å²) in [5, 5.41) is 13.1. The number of carbonyl (C=O) groups is 3. The molecule has 144 valence electrons. The van der Waals surface area contributed by atoms with Crippen LogP contribution in [0.3, 0.4) is 0 Å². The first-order valence-corrected chi connectivity index (χ1v) is 8.01. The fraction of sp³-hybridized carbons (Fsp3) is 0.167. The summed E-state index contributed by atoms with van der Waals surface area (Å²) in [4.78, 5) is 45.9. The zero-order valence-electron chi connectivity index (χ0n) is 14.6. The number of nitrogens with one attached hydrogen (secondary N) is 1. The van der Waals surface area contributed by atoms with E-state index < -0.39 is 23.4 Å². The molecule has 1 heterocycles. The molecule has 0 aromatic heterocycles. The monoisotopic (exact) mass is 386 g/mol. The third-order valence-corrected chi connectivity index (χ3v) is 3.81. The first kappa shape index (κ1) is 18.8. The van der Waals surface area contributed by atoms with Crippen molar-refractivity contribution in [2.45, 2.75) is 6.92 Å². The van der Waals surface area contributed by atoms with Crippen LogP contribution in [0.15, 0.2) is 36.4 Å². The van der Waals surface area contributed by atoms with Crippen LogP contribution in [0.5, 0.6) is 11.5 Å². The molecule has 2 aromatic rings. The molecule has 0 spiro atoms. The maximum atomic E-state index is 12.1. The number of nitrogens with zero attached hydrogens (tertiary/aromatic N) is 1. The van der Waals surface area contributed by atoms with Crippen molar-refractivity contribution in [1.82, 2.24) is 0 Å². The van der Waals surface area contributed by atoms with Gasteiger partial charge in [-0.2, -0.15) is 0 Å². The molecule has 0 radical (unpaired) electrons. The number of hydrogen-bond acceptors (Lipinski definition) is 8. The number of amides is 1. The molecule has 1 aliphatic rings. The maximum Gasteiger partial charge on any atom is 0.338 e. The van der Waals surface area contributed by atoms with E-state index in [-0.39, 0.29) is 35.1 Å². The Balaban J connectivity index is 1.63. The Hall–Kier alpha value is -3.95. The van der Waals surface area contributed by atoms with Crippen molar-refractivity contribution in [1.29, 1.82) is 0 Å². The summed E-state index contributed by atoms with van der Waals surface area (Å²) < 4.78 is 15.3. The predicted octanol–water partition coefficient (Wildman–Crippen LogP) is 2.32. The van der Waals surface area contributed by atoms with E-state index in [9.17, 15) is 24.5 Å². The molecule has 1 N–H and O–H groups in total. The number of nitro benzene ring substituents is 1. The molecule has 0 atom stereocenters. The molecule has 10 nitrogen and oxygen atoms in total. The summed E-state index contributed by atoms with van der Waals surface area (Å²) in [6, 6.07) is 7.68. The van der Waals surface area contributed by atoms with Crippen LogP contribution in [0, 0.1) is 10.1 Å². The molecule has 1 aliphatic heterocycles. The zero-order chi connectivity index (χ0) is 20.3. The molecular weight excluding hydrogens is 372 g/mol.